The number of carbonyl (C=O) groups excluding carboxylic acids is 3. The molecule has 0 N–H and O–H groups in total. The van der Waals surface area contributed by atoms with Crippen LogP contribution in [0.15, 0.2) is 97.2 Å². The Morgan fingerprint density at radius 1 is 0.304 bits per heavy atom. The van der Waals surface area contributed by atoms with E-state index in [4.69, 9.17) is 14.2 Å². The summed E-state index contributed by atoms with van der Waals surface area (Å²) in [5.74, 6) is -0.939. The van der Waals surface area contributed by atoms with Crippen LogP contribution in [0.3, 0.4) is 0 Å². The number of rotatable bonds is 51. The van der Waals surface area contributed by atoms with Gasteiger partial charge < -0.3 is 14.2 Å². The van der Waals surface area contributed by atoms with E-state index in [1.165, 1.54) is 89.9 Å². The molecule has 0 radical (unpaired) electrons. The van der Waals surface area contributed by atoms with Crippen molar-refractivity contribution in [1.29, 1.82) is 0 Å². The van der Waals surface area contributed by atoms with Crippen molar-refractivity contribution in [3.63, 3.8) is 0 Å². The molecule has 6 heteroatoms. The van der Waals surface area contributed by atoms with Crippen LogP contribution in [-0.2, 0) is 28.6 Å². The van der Waals surface area contributed by atoms with E-state index in [-0.39, 0.29) is 31.1 Å². The van der Waals surface area contributed by atoms with Gasteiger partial charge in [-0.1, -0.05) is 221 Å². The maximum absolute atomic E-state index is 12.9. The van der Waals surface area contributed by atoms with Crippen molar-refractivity contribution in [2.75, 3.05) is 13.2 Å². The predicted molar refractivity (Wildman–Crippen MR) is 297 cm³/mol. The molecule has 0 saturated heterocycles. The van der Waals surface area contributed by atoms with Crippen molar-refractivity contribution in [3.05, 3.63) is 97.2 Å². The van der Waals surface area contributed by atoms with Gasteiger partial charge in [-0.2, -0.15) is 0 Å². The Labute approximate surface area is 426 Å². The Hall–Kier alpha value is -3.67. The van der Waals surface area contributed by atoms with Crippen molar-refractivity contribution < 1.29 is 28.6 Å². The molecule has 69 heavy (non-hydrogen) atoms. The Balaban J connectivity index is 4.47. The van der Waals surface area contributed by atoms with E-state index in [0.717, 1.165) is 135 Å². The molecule has 0 aliphatic carbocycles. The minimum atomic E-state index is -0.801. The highest BCUT2D eigenvalue weighted by atomic mass is 16.6. The number of hydrogen-bond donors (Lipinski definition) is 0. The zero-order valence-corrected chi connectivity index (χ0v) is 45.0. The highest BCUT2D eigenvalue weighted by molar-refractivity contribution is 5.71. The van der Waals surface area contributed by atoms with Crippen molar-refractivity contribution in [2.24, 2.45) is 0 Å². The van der Waals surface area contributed by atoms with E-state index >= 15 is 0 Å². The van der Waals surface area contributed by atoms with Crippen LogP contribution in [0.25, 0.3) is 0 Å². The average molecular weight is 960 g/mol. The van der Waals surface area contributed by atoms with Gasteiger partial charge in [0.2, 0.25) is 0 Å². The maximum atomic E-state index is 12.9. The Kier molecular flexibility index (Phi) is 53.9. The van der Waals surface area contributed by atoms with Gasteiger partial charge in [0.25, 0.3) is 0 Å². The van der Waals surface area contributed by atoms with Gasteiger partial charge in [0, 0.05) is 19.3 Å². The third-order valence-electron chi connectivity index (χ3n) is 12.0. The van der Waals surface area contributed by atoms with E-state index < -0.39 is 6.10 Å². The van der Waals surface area contributed by atoms with Crippen molar-refractivity contribution in [2.45, 2.75) is 271 Å². The maximum Gasteiger partial charge on any atom is 0.306 e. The molecular weight excluding hydrogens is 853 g/mol. The molecule has 0 spiro atoms. The molecule has 0 bridgehead atoms. The first kappa shape index (κ1) is 65.3. The summed E-state index contributed by atoms with van der Waals surface area (Å²) in [5, 5.41) is 0. The van der Waals surface area contributed by atoms with E-state index in [0.29, 0.717) is 19.3 Å². The topological polar surface area (TPSA) is 78.9 Å². The first-order valence-electron chi connectivity index (χ1n) is 28.7. The highest BCUT2D eigenvalue weighted by Gasteiger charge is 2.19. The normalized spacial score (nSPS) is 12.8. The van der Waals surface area contributed by atoms with Gasteiger partial charge >= 0.3 is 17.9 Å². The van der Waals surface area contributed by atoms with Crippen LogP contribution in [0, 0.1) is 0 Å². The lowest BCUT2D eigenvalue weighted by molar-refractivity contribution is -0.167. The molecule has 0 heterocycles. The molecule has 0 rings (SSSR count). The molecule has 6 nitrogen and oxygen atoms in total. The first-order valence-corrected chi connectivity index (χ1v) is 28.7. The molecule has 0 aliphatic rings. The van der Waals surface area contributed by atoms with Gasteiger partial charge in [0.1, 0.15) is 13.2 Å². The summed E-state index contributed by atoms with van der Waals surface area (Å²) in [5.41, 5.74) is 0. The van der Waals surface area contributed by atoms with Crippen molar-refractivity contribution in [1.82, 2.24) is 0 Å². The largest absolute Gasteiger partial charge is 0.462 e. The summed E-state index contributed by atoms with van der Waals surface area (Å²) in [6.45, 7) is 6.46. The summed E-state index contributed by atoms with van der Waals surface area (Å²) in [4.78, 5) is 38.2. The van der Waals surface area contributed by atoms with Crippen LogP contribution in [0.2, 0.25) is 0 Å². The molecule has 0 aromatic heterocycles. The summed E-state index contributed by atoms with van der Waals surface area (Å²) < 4.78 is 16.8. The lowest BCUT2D eigenvalue weighted by Crippen LogP contribution is -2.30. The summed E-state index contributed by atoms with van der Waals surface area (Å²) in [7, 11) is 0. The van der Waals surface area contributed by atoms with Crippen LogP contribution >= 0.6 is 0 Å². The zero-order chi connectivity index (χ0) is 50.0. The molecule has 0 saturated carbocycles. The third-order valence-corrected chi connectivity index (χ3v) is 12.0. The van der Waals surface area contributed by atoms with Crippen LogP contribution in [0.5, 0.6) is 0 Å². The smallest absolute Gasteiger partial charge is 0.306 e. The van der Waals surface area contributed by atoms with E-state index in [1.54, 1.807) is 0 Å². The number of hydrogen-bond acceptors (Lipinski definition) is 6. The van der Waals surface area contributed by atoms with Gasteiger partial charge in [-0.3, -0.25) is 14.4 Å². The lowest BCUT2D eigenvalue weighted by atomic mass is 10.1. The molecule has 1 unspecified atom stereocenters. The van der Waals surface area contributed by atoms with Crippen molar-refractivity contribution >= 4 is 17.9 Å². The van der Waals surface area contributed by atoms with Gasteiger partial charge in [0.15, 0.2) is 6.10 Å². The molecule has 0 fully saturated rings. The minimum Gasteiger partial charge on any atom is -0.462 e. The minimum absolute atomic E-state index is 0.0969. The number of esters is 3. The quantitative estimate of drug-likeness (QED) is 0.0262. The molecule has 394 valence electrons. The molecule has 0 amide bonds. The van der Waals surface area contributed by atoms with Crippen LogP contribution in [0.1, 0.15) is 265 Å². The molecule has 1 atom stereocenters. The first-order chi connectivity index (χ1) is 34.0. The Bertz CT molecular complexity index is 1380. The summed E-state index contributed by atoms with van der Waals surface area (Å²) in [6.07, 6.45) is 75.3. The number of unbranched alkanes of at least 4 members (excludes halogenated alkanes) is 24. The fourth-order valence-corrected chi connectivity index (χ4v) is 7.73. The number of carbonyl (C=O) groups is 3. The van der Waals surface area contributed by atoms with Gasteiger partial charge in [-0.05, 0) is 122 Å². The van der Waals surface area contributed by atoms with E-state index in [2.05, 4.69) is 118 Å². The monoisotopic (exact) mass is 959 g/mol. The Morgan fingerprint density at radius 3 is 0.884 bits per heavy atom. The van der Waals surface area contributed by atoms with Gasteiger partial charge in [0.05, 0.1) is 0 Å². The van der Waals surface area contributed by atoms with Crippen molar-refractivity contribution in [3.8, 4) is 0 Å². The molecule has 0 aliphatic heterocycles. The summed E-state index contributed by atoms with van der Waals surface area (Å²) in [6, 6.07) is 0. The average Bonchev–Trinajstić information content (AvgIpc) is 3.35. The highest BCUT2D eigenvalue weighted by Crippen LogP contribution is 2.14. The molecule has 0 aromatic carbocycles. The molecular formula is C63H106O6. The second-order valence-corrected chi connectivity index (χ2v) is 18.8. The SMILES string of the molecule is CC/C=C\C/C=C\C/C=C\C/C=C\CCCCCCC(=O)OC(COC(=O)CCCCCCC/C=C\C/C=C\CCCCCC)COC(=O)CCCCCCCCC/C=C\C/C=C\CCCCCC. The second-order valence-electron chi connectivity index (χ2n) is 18.8. The number of ether oxygens (including phenoxy) is 3. The van der Waals surface area contributed by atoms with Crippen LogP contribution < -0.4 is 0 Å². The van der Waals surface area contributed by atoms with Crippen LogP contribution in [-0.4, -0.2) is 37.2 Å². The standard InChI is InChI=1S/C63H106O6/c1-4-7-10-13-16-19-22-25-28-31-33-35-38-41-44-47-50-53-56-62(65)68-59-60(58-67-61(64)55-52-49-46-43-40-37-34-30-27-24-21-18-15-12-9-6-3)69-63(66)57-54-51-48-45-42-39-36-32-29-26-23-20-17-14-11-8-5-2/h8,11,17,19-22,24,26,28-31,34,36,39,60H,4-7,9-10,12-16,18,23,25,27,32-33,35,37-38,40-59H2,1-3H3/b11-8-,20-17-,22-19-,24-21-,29-26-,31-28-,34-30-,39-36-. The Morgan fingerprint density at radius 2 is 0.565 bits per heavy atom. The van der Waals surface area contributed by atoms with Gasteiger partial charge in [-0.25, -0.2) is 0 Å². The summed E-state index contributed by atoms with van der Waals surface area (Å²) >= 11 is 0. The van der Waals surface area contributed by atoms with E-state index in [9.17, 15) is 14.4 Å². The van der Waals surface area contributed by atoms with E-state index in [1.807, 2.05) is 0 Å². The van der Waals surface area contributed by atoms with Gasteiger partial charge in [-0.15, -0.1) is 0 Å². The number of allylic oxidation sites excluding steroid dienone is 16. The lowest BCUT2D eigenvalue weighted by Gasteiger charge is -2.18. The second kappa shape index (κ2) is 56.9. The fourth-order valence-electron chi connectivity index (χ4n) is 7.73. The third kappa shape index (κ3) is 55.1. The predicted octanol–water partition coefficient (Wildman–Crippen LogP) is 19.3. The van der Waals surface area contributed by atoms with Crippen LogP contribution in [0.4, 0.5) is 0 Å². The molecule has 0 aromatic rings. The zero-order valence-electron chi connectivity index (χ0n) is 45.0. The fraction of sp³-hybridized carbons (Fsp3) is 0.698.